The third-order valence-electron chi connectivity index (χ3n) is 2.60. The van der Waals surface area contributed by atoms with Crippen molar-refractivity contribution in [1.29, 1.82) is 0 Å². The summed E-state index contributed by atoms with van der Waals surface area (Å²) in [5.41, 5.74) is 2.10. The lowest BCUT2D eigenvalue weighted by Crippen LogP contribution is -2.04. The highest BCUT2D eigenvalue weighted by atomic mass is 127. The molecule has 2 aromatic carbocycles. The number of nitrogens with zero attached hydrogens (tertiary/aromatic N) is 1. The van der Waals surface area contributed by atoms with Crippen molar-refractivity contribution in [2.75, 3.05) is 5.32 Å². The van der Waals surface area contributed by atoms with E-state index in [0.29, 0.717) is 5.56 Å². The Balaban J connectivity index is 2.20. The Bertz CT molecular complexity index is 700. The fourth-order valence-electron chi connectivity index (χ4n) is 1.66. The minimum Gasteiger partial charge on any atom is -0.506 e. The first-order valence-electron chi connectivity index (χ1n) is 6.05. The maximum Gasteiger partial charge on any atom is 0.221 e. The molecule has 2 N–H and O–H groups in total. The highest BCUT2D eigenvalue weighted by Gasteiger charge is 2.05. The lowest BCUT2D eigenvalue weighted by atomic mass is 10.2. The standard InChI is InChI=1S/C15H12BrIN2O2/c1-9(20)19-13-4-2-12(3-5-13)18-8-10-6-11(16)7-14(17)15(10)21/h2-8,21H,1H3,(H,19,20). The van der Waals surface area contributed by atoms with E-state index < -0.39 is 0 Å². The van der Waals surface area contributed by atoms with Gasteiger partial charge in [0.15, 0.2) is 0 Å². The molecule has 0 aliphatic heterocycles. The summed E-state index contributed by atoms with van der Waals surface area (Å²) in [5.74, 6) is 0.0947. The van der Waals surface area contributed by atoms with Crippen LogP contribution in [0.1, 0.15) is 12.5 Å². The largest absolute Gasteiger partial charge is 0.506 e. The van der Waals surface area contributed by atoms with Gasteiger partial charge in [0.2, 0.25) is 5.91 Å². The average molecular weight is 459 g/mol. The fraction of sp³-hybridized carbons (Fsp3) is 0.0667. The van der Waals surface area contributed by atoms with Crippen molar-refractivity contribution in [2.24, 2.45) is 4.99 Å². The van der Waals surface area contributed by atoms with Gasteiger partial charge in [-0.25, -0.2) is 0 Å². The molecule has 0 aromatic heterocycles. The molecule has 0 radical (unpaired) electrons. The number of phenols is 1. The van der Waals surface area contributed by atoms with E-state index in [-0.39, 0.29) is 11.7 Å². The van der Waals surface area contributed by atoms with Gasteiger partial charge in [-0.15, -0.1) is 0 Å². The van der Waals surface area contributed by atoms with Gasteiger partial charge in [-0.3, -0.25) is 9.79 Å². The Morgan fingerprint density at radius 1 is 1.33 bits per heavy atom. The number of benzene rings is 2. The summed E-state index contributed by atoms with van der Waals surface area (Å²) >= 11 is 5.45. The summed E-state index contributed by atoms with van der Waals surface area (Å²) in [6.45, 7) is 1.46. The smallest absolute Gasteiger partial charge is 0.221 e. The highest BCUT2D eigenvalue weighted by molar-refractivity contribution is 14.1. The van der Waals surface area contributed by atoms with Gasteiger partial charge in [0.05, 0.1) is 9.26 Å². The van der Waals surface area contributed by atoms with Crippen LogP contribution in [-0.4, -0.2) is 17.2 Å². The summed E-state index contributed by atoms with van der Waals surface area (Å²) in [7, 11) is 0. The molecular formula is C15H12BrIN2O2. The van der Waals surface area contributed by atoms with Crippen molar-refractivity contribution in [3.05, 3.63) is 50.0 Å². The van der Waals surface area contributed by atoms with Crippen molar-refractivity contribution in [2.45, 2.75) is 6.92 Å². The first-order valence-corrected chi connectivity index (χ1v) is 7.92. The predicted molar refractivity (Wildman–Crippen MR) is 96.5 cm³/mol. The highest BCUT2D eigenvalue weighted by Crippen LogP contribution is 2.28. The maximum absolute atomic E-state index is 10.9. The monoisotopic (exact) mass is 458 g/mol. The van der Waals surface area contributed by atoms with Gasteiger partial charge in [-0.1, -0.05) is 15.9 Å². The van der Waals surface area contributed by atoms with E-state index in [9.17, 15) is 9.90 Å². The second kappa shape index (κ2) is 7.04. The second-order valence-corrected chi connectivity index (χ2v) is 6.39. The van der Waals surface area contributed by atoms with E-state index in [4.69, 9.17) is 0 Å². The number of aliphatic imine (C=N–C) groups is 1. The number of halogens is 2. The van der Waals surface area contributed by atoms with E-state index in [1.807, 2.05) is 6.07 Å². The Morgan fingerprint density at radius 2 is 2.00 bits per heavy atom. The number of anilines is 1. The zero-order chi connectivity index (χ0) is 15.4. The van der Waals surface area contributed by atoms with Gasteiger partial charge in [-0.05, 0) is 59.0 Å². The van der Waals surface area contributed by atoms with E-state index in [1.54, 1.807) is 36.5 Å². The minimum atomic E-state index is -0.111. The molecule has 0 unspecified atom stereocenters. The second-order valence-electron chi connectivity index (χ2n) is 4.31. The molecule has 0 spiro atoms. The zero-order valence-electron chi connectivity index (χ0n) is 11.1. The molecule has 0 saturated heterocycles. The number of aromatic hydroxyl groups is 1. The number of hydrogen-bond acceptors (Lipinski definition) is 3. The summed E-state index contributed by atoms with van der Waals surface area (Å²) in [6.07, 6.45) is 1.61. The molecule has 108 valence electrons. The lowest BCUT2D eigenvalue weighted by molar-refractivity contribution is -0.114. The number of carbonyl (C=O) groups excluding carboxylic acids is 1. The molecule has 0 atom stereocenters. The zero-order valence-corrected chi connectivity index (χ0v) is 14.8. The molecule has 4 nitrogen and oxygen atoms in total. The molecular weight excluding hydrogens is 447 g/mol. The van der Waals surface area contributed by atoms with Crippen LogP contribution in [0.15, 0.2) is 45.9 Å². The Labute approximate surface area is 144 Å². The normalized spacial score (nSPS) is 10.8. The first kappa shape index (κ1) is 16.0. The summed E-state index contributed by atoms with van der Waals surface area (Å²) in [5, 5.41) is 12.7. The van der Waals surface area contributed by atoms with Gasteiger partial charge in [0, 0.05) is 28.9 Å². The van der Waals surface area contributed by atoms with Gasteiger partial charge in [0.25, 0.3) is 0 Å². The number of rotatable bonds is 3. The van der Waals surface area contributed by atoms with Gasteiger partial charge >= 0.3 is 0 Å². The van der Waals surface area contributed by atoms with Crippen LogP contribution < -0.4 is 5.32 Å². The van der Waals surface area contributed by atoms with Crippen molar-refractivity contribution < 1.29 is 9.90 Å². The maximum atomic E-state index is 10.9. The fourth-order valence-corrected chi connectivity index (χ4v) is 3.21. The van der Waals surface area contributed by atoms with Crippen LogP contribution in [0, 0.1) is 3.57 Å². The number of amides is 1. The summed E-state index contributed by atoms with van der Waals surface area (Å²) in [6, 6.07) is 10.8. The van der Waals surface area contributed by atoms with Crippen LogP contribution >= 0.6 is 38.5 Å². The van der Waals surface area contributed by atoms with E-state index >= 15 is 0 Å². The molecule has 1 amide bonds. The van der Waals surface area contributed by atoms with Crippen LogP contribution in [-0.2, 0) is 4.79 Å². The first-order chi connectivity index (χ1) is 9.95. The van der Waals surface area contributed by atoms with Crippen LogP contribution in [0.5, 0.6) is 5.75 Å². The number of carbonyl (C=O) groups is 1. The van der Waals surface area contributed by atoms with Gasteiger partial charge in [0.1, 0.15) is 5.75 Å². The molecule has 21 heavy (non-hydrogen) atoms. The van der Waals surface area contributed by atoms with E-state index in [1.165, 1.54) is 6.92 Å². The lowest BCUT2D eigenvalue weighted by Gasteiger charge is -2.03. The number of hydrogen-bond donors (Lipinski definition) is 2. The van der Waals surface area contributed by atoms with Gasteiger partial charge < -0.3 is 10.4 Å². The average Bonchev–Trinajstić information content (AvgIpc) is 2.42. The molecule has 6 heteroatoms. The third kappa shape index (κ3) is 4.53. The molecule has 0 heterocycles. The molecule has 0 aliphatic carbocycles. The summed E-state index contributed by atoms with van der Waals surface area (Å²) < 4.78 is 1.64. The molecule has 2 aromatic rings. The Kier molecular flexibility index (Phi) is 5.35. The van der Waals surface area contributed by atoms with Crippen molar-refractivity contribution in [1.82, 2.24) is 0 Å². The summed E-state index contributed by atoms with van der Waals surface area (Å²) in [4.78, 5) is 15.3. The van der Waals surface area contributed by atoms with Gasteiger partial charge in [-0.2, -0.15) is 0 Å². The number of nitrogens with one attached hydrogen (secondary N) is 1. The van der Waals surface area contributed by atoms with E-state index in [0.717, 1.165) is 19.4 Å². The molecule has 0 aliphatic rings. The molecule has 2 rings (SSSR count). The molecule has 0 bridgehead atoms. The Morgan fingerprint density at radius 3 is 2.62 bits per heavy atom. The van der Waals surface area contributed by atoms with E-state index in [2.05, 4.69) is 48.8 Å². The predicted octanol–water partition coefficient (Wildman–Crippen LogP) is 4.47. The minimum absolute atomic E-state index is 0.111. The van der Waals surface area contributed by atoms with Crippen LogP contribution in [0.2, 0.25) is 0 Å². The quantitative estimate of drug-likeness (QED) is 0.526. The van der Waals surface area contributed by atoms with Crippen LogP contribution in [0.25, 0.3) is 0 Å². The van der Waals surface area contributed by atoms with Crippen molar-refractivity contribution in [3.8, 4) is 5.75 Å². The third-order valence-corrected chi connectivity index (χ3v) is 3.88. The van der Waals surface area contributed by atoms with Crippen LogP contribution in [0.3, 0.4) is 0 Å². The molecule has 0 fully saturated rings. The van der Waals surface area contributed by atoms with Crippen molar-refractivity contribution in [3.63, 3.8) is 0 Å². The molecule has 0 saturated carbocycles. The Hall–Kier alpha value is -1.41. The number of phenolic OH excluding ortho intramolecular Hbond substituents is 1. The SMILES string of the molecule is CC(=O)Nc1ccc(N=Cc2cc(Br)cc(I)c2O)cc1. The topological polar surface area (TPSA) is 61.7 Å². The van der Waals surface area contributed by atoms with Crippen molar-refractivity contribution >= 4 is 62.0 Å². The van der Waals surface area contributed by atoms with Crippen LogP contribution in [0.4, 0.5) is 11.4 Å².